The van der Waals surface area contributed by atoms with Gasteiger partial charge < -0.3 is 14.8 Å². The first-order chi connectivity index (χ1) is 11.3. The average Bonchev–Trinajstić information content (AvgIpc) is 2.61. The van der Waals surface area contributed by atoms with Gasteiger partial charge in [0.2, 0.25) is 5.82 Å². The minimum Gasteiger partial charge on any atom is -0.497 e. The van der Waals surface area contributed by atoms with Gasteiger partial charge in [-0.2, -0.15) is 0 Å². The van der Waals surface area contributed by atoms with Gasteiger partial charge in [-0.1, -0.05) is 0 Å². The number of benzene rings is 2. The number of amides is 1. The van der Waals surface area contributed by atoms with Crippen LogP contribution in [0.3, 0.4) is 0 Å². The van der Waals surface area contributed by atoms with Crippen LogP contribution in [0.4, 0.5) is 27.6 Å². The predicted molar refractivity (Wildman–Crippen MR) is 73.7 cm³/mol. The molecule has 0 aliphatic rings. The highest BCUT2D eigenvalue weighted by Gasteiger charge is 2.27. The van der Waals surface area contributed by atoms with Gasteiger partial charge in [0, 0.05) is 11.6 Å². The molecule has 0 spiro atoms. The largest absolute Gasteiger partial charge is 0.497 e. The summed E-state index contributed by atoms with van der Waals surface area (Å²) >= 11 is 0. The Hall–Kier alpha value is -2.84. The molecule has 9 heteroatoms. The highest BCUT2D eigenvalue weighted by Crippen LogP contribution is 2.28. The maximum atomic E-state index is 13.6. The van der Waals surface area contributed by atoms with E-state index < -0.39 is 40.7 Å². The van der Waals surface area contributed by atoms with Gasteiger partial charge in [-0.15, -0.1) is 0 Å². The summed E-state index contributed by atoms with van der Waals surface area (Å²) in [6, 6.07) is 3.82. The second kappa shape index (κ2) is 6.73. The van der Waals surface area contributed by atoms with E-state index in [1.807, 2.05) is 0 Å². The number of rotatable bonds is 4. The van der Waals surface area contributed by atoms with Crippen molar-refractivity contribution in [3.05, 3.63) is 52.8 Å². The zero-order valence-electron chi connectivity index (χ0n) is 12.3. The van der Waals surface area contributed by atoms with E-state index in [2.05, 4.69) is 0 Å². The molecule has 2 aromatic rings. The van der Waals surface area contributed by atoms with Crippen molar-refractivity contribution in [3.8, 4) is 11.5 Å². The van der Waals surface area contributed by atoms with E-state index in [1.165, 1.54) is 32.4 Å². The highest BCUT2D eigenvalue weighted by atomic mass is 19.2. The third-order valence-corrected chi connectivity index (χ3v) is 3.06. The van der Waals surface area contributed by atoms with Gasteiger partial charge in [-0.25, -0.2) is 22.0 Å². The summed E-state index contributed by atoms with van der Waals surface area (Å²) < 4.78 is 76.3. The van der Waals surface area contributed by atoms with Gasteiger partial charge in [-0.05, 0) is 12.1 Å². The molecule has 0 aromatic heterocycles. The van der Waals surface area contributed by atoms with Crippen molar-refractivity contribution >= 4 is 11.6 Å². The Morgan fingerprint density at radius 3 is 1.62 bits per heavy atom. The number of ether oxygens (including phenoxy) is 2. The highest BCUT2D eigenvalue weighted by molar-refractivity contribution is 6.05. The number of anilines is 1. The monoisotopic (exact) mass is 347 g/mol. The Morgan fingerprint density at radius 1 is 0.792 bits per heavy atom. The summed E-state index contributed by atoms with van der Waals surface area (Å²) in [5.74, 6) is -11.7. The lowest BCUT2D eigenvalue weighted by Crippen LogP contribution is -2.17. The second-order valence-electron chi connectivity index (χ2n) is 4.50. The fourth-order valence-corrected chi connectivity index (χ4v) is 1.84. The van der Waals surface area contributed by atoms with Crippen molar-refractivity contribution < 1.29 is 36.2 Å². The zero-order chi connectivity index (χ0) is 18.0. The summed E-state index contributed by atoms with van der Waals surface area (Å²) in [5.41, 5.74) is -1.62. The molecule has 24 heavy (non-hydrogen) atoms. The third kappa shape index (κ3) is 3.10. The van der Waals surface area contributed by atoms with E-state index >= 15 is 0 Å². The quantitative estimate of drug-likeness (QED) is 0.522. The van der Waals surface area contributed by atoms with Crippen LogP contribution in [0.25, 0.3) is 0 Å². The fourth-order valence-electron chi connectivity index (χ4n) is 1.84. The van der Waals surface area contributed by atoms with E-state index in [-0.39, 0.29) is 17.1 Å². The maximum Gasteiger partial charge on any atom is 0.256 e. The minimum atomic E-state index is -2.31. The normalized spacial score (nSPS) is 10.5. The predicted octanol–water partition coefficient (Wildman–Crippen LogP) is 3.65. The number of methoxy groups -OCH3 is 2. The van der Waals surface area contributed by atoms with E-state index in [1.54, 1.807) is 5.32 Å². The fraction of sp³-hybridized carbons (Fsp3) is 0.133. The molecule has 1 N–H and O–H groups in total. The zero-order valence-corrected chi connectivity index (χ0v) is 12.3. The van der Waals surface area contributed by atoms with Crippen molar-refractivity contribution in [2.24, 2.45) is 0 Å². The minimum absolute atomic E-state index is 0.171. The van der Waals surface area contributed by atoms with Crippen LogP contribution in [0.2, 0.25) is 0 Å². The molecular weight excluding hydrogens is 337 g/mol. The SMILES string of the molecule is COc1cc(OC)cc(C(=O)Nc2c(F)c(F)c(F)c(F)c2F)c1. The van der Waals surface area contributed by atoms with Crippen LogP contribution in [0.1, 0.15) is 10.4 Å². The Labute approximate surface area is 132 Å². The van der Waals surface area contributed by atoms with Crippen LogP contribution in [-0.2, 0) is 0 Å². The van der Waals surface area contributed by atoms with Crippen LogP contribution in [0.5, 0.6) is 11.5 Å². The number of carbonyl (C=O) groups is 1. The molecule has 4 nitrogen and oxygen atoms in total. The van der Waals surface area contributed by atoms with Crippen LogP contribution in [-0.4, -0.2) is 20.1 Å². The molecule has 0 saturated carbocycles. The molecule has 0 atom stereocenters. The Bertz CT molecular complexity index is 759. The molecule has 0 heterocycles. The summed E-state index contributed by atoms with van der Waals surface area (Å²) in [6.45, 7) is 0. The summed E-state index contributed by atoms with van der Waals surface area (Å²) in [6.07, 6.45) is 0. The number of carbonyl (C=O) groups excluding carboxylic acids is 1. The molecule has 2 rings (SSSR count). The molecular formula is C15H10F5NO3. The van der Waals surface area contributed by atoms with Crippen LogP contribution >= 0.6 is 0 Å². The number of halogens is 5. The van der Waals surface area contributed by atoms with Gasteiger partial charge in [0.05, 0.1) is 14.2 Å². The summed E-state index contributed by atoms with van der Waals surface area (Å²) in [7, 11) is 2.61. The first-order valence-corrected chi connectivity index (χ1v) is 6.36. The van der Waals surface area contributed by atoms with Crippen LogP contribution < -0.4 is 14.8 Å². The maximum absolute atomic E-state index is 13.6. The number of hydrogen-bond acceptors (Lipinski definition) is 3. The summed E-state index contributed by atoms with van der Waals surface area (Å²) in [4.78, 5) is 12.1. The van der Waals surface area contributed by atoms with Crippen LogP contribution in [0, 0.1) is 29.1 Å². The lowest BCUT2D eigenvalue weighted by Gasteiger charge is -2.11. The topological polar surface area (TPSA) is 47.6 Å². The first kappa shape index (κ1) is 17.5. The second-order valence-corrected chi connectivity index (χ2v) is 4.50. The molecule has 2 aromatic carbocycles. The first-order valence-electron chi connectivity index (χ1n) is 6.36. The number of nitrogens with one attached hydrogen (secondary N) is 1. The molecule has 0 fully saturated rings. The van der Waals surface area contributed by atoms with Gasteiger partial charge in [0.25, 0.3) is 5.91 Å². The van der Waals surface area contributed by atoms with Crippen LogP contribution in [0.15, 0.2) is 18.2 Å². The Morgan fingerprint density at radius 2 is 1.21 bits per heavy atom. The molecule has 0 aliphatic heterocycles. The standard InChI is InChI=1S/C15H10F5NO3/c1-23-7-3-6(4-8(5-7)24-2)15(22)21-14-12(19)10(17)9(16)11(18)13(14)20/h3-5H,1-2H3,(H,21,22). The van der Waals surface area contributed by atoms with E-state index in [0.717, 1.165) is 0 Å². The molecule has 0 aliphatic carbocycles. The van der Waals surface area contributed by atoms with Crippen molar-refractivity contribution in [2.75, 3.05) is 19.5 Å². The van der Waals surface area contributed by atoms with Crippen molar-refractivity contribution in [2.45, 2.75) is 0 Å². The van der Waals surface area contributed by atoms with Crippen molar-refractivity contribution in [1.29, 1.82) is 0 Å². The van der Waals surface area contributed by atoms with E-state index in [0.29, 0.717) is 0 Å². The van der Waals surface area contributed by atoms with E-state index in [4.69, 9.17) is 9.47 Å². The smallest absolute Gasteiger partial charge is 0.256 e. The Kier molecular flexibility index (Phi) is 4.91. The van der Waals surface area contributed by atoms with Crippen molar-refractivity contribution in [3.63, 3.8) is 0 Å². The van der Waals surface area contributed by atoms with Gasteiger partial charge >= 0.3 is 0 Å². The molecule has 128 valence electrons. The molecule has 0 saturated heterocycles. The number of hydrogen-bond donors (Lipinski definition) is 1. The van der Waals surface area contributed by atoms with Gasteiger partial charge in [0.1, 0.15) is 17.2 Å². The average molecular weight is 347 g/mol. The summed E-state index contributed by atoms with van der Waals surface area (Å²) in [5, 5.41) is 1.66. The van der Waals surface area contributed by atoms with E-state index in [9.17, 15) is 26.7 Å². The molecule has 0 bridgehead atoms. The lowest BCUT2D eigenvalue weighted by atomic mass is 10.1. The molecule has 1 amide bonds. The lowest BCUT2D eigenvalue weighted by molar-refractivity contribution is 0.102. The van der Waals surface area contributed by atoms with Gasteiger partial charge in [0.15, 0.2) is 23.3 Å². The Balaban J connectivity index is 2.44. The third-order valence-electron chi connectivity index (χ3n) is 3.06. The molecule has 0 unspecified atom stereocenters. The molecule has 0 radical (unpaired) electrons. The van der Waals surface area contributed by atoms with Crippen molar-refractivity contribution in [1.82, 2.24) is 0 Å². The van der Waals surface area contributed by atoms with Gasteiger partial charge in [-0.3, -0.25) is 4.79 Å².